The standard InChI is InChI=1S/C21H25NO5/c1-13-15-8-9-18-17(11-22(12-26-18)14-6-4-3-5-7-14)20(15)27-21(24)16(13)10-19(23)25-2/h8-9,14H,3-7,10-12H2,1-2H3. The topological polar surface area (TPSA) is 69.0 Å². The number of carbonyl (C=O) groups is 1. The summed E-state index contributed by atoms with van der Waals surface area (Å²) in [6.45, 7) is 3.15. The molecule has 4 rings (SSSR count). The first-order chi connectivity index (χ1) is 13.1. The van der Waals surface area contributed by atoms with Crippen molar-refractivity contribution >= 4 is 16.9 Å². The van der Waals surface area contributed by atoms with Gasteiger partial charge < -0.3 is 13.9 Å². The SMILES string of the molecule is COC(=O)Cc1c(C)c2ccc3c(c2oc1=O)CN(C1CCCCC1)CO3. The molecule has 0 bridgehead atoms. The molecule has 1 aromatic heterocycles. The third kappa shape index (κ3) is 3.34. The summed E-state index contributed by atoms with van der Waals surface area (Å²) in [6, 6.07) is 4.36. The normalized spacial score (nSPS) is 18.1. The molecule has 1 aliphatic heterocycles. The lowest BCUT2D eigenvalue weighted by molar-refractivity contribution is -0.139. The molecule has 144 valence electrons. The number of fused-ring (bicyclic) bond motifs is 3. The predicted molar refractivity (Wildman–Crippen MR) is 101 cm³/mol. The van der Waals surface area contributed by atoms with Gasteiger partial charge in [-0.2, -0.15) is 0 Å². The van der Waals surface area contributed by atoms with Gasteiger partial charge in [-0.05, 0) is 37.5 Å². The molecule has 6 heteroatoms. The predicted octanol–water partition coefficient (Wildman–Crippen LogP) is 3.30. The van der Waals surface area contributed by atoms with E-state index in [2.05, 4.69) is 4.90 Å². The van der Waals surface area contributed by atoms with Crippen LogP contribution in [0.1, 0.15) is 48.8 Å². The van der Waals surface area contributed by atoms with E-state index in [0.717, 1.165) is 28.8 Å². The minimum Gasteiger partial charge on any atom is -0.478 e. The lowest BCUT2D eigenvalue weighted by Gasteiger charge is -2.37. The van der Waals surface area contributed by atoms with Gasteiger partial charge in [-0.3, -0.25) is 9.69 Å². The fourth-order valence-corrected chi connectivity index (χ4v) is 4.28. The van der Waals surface area contributed by atoms with Gasteiger partial charge in [-0.15, -0.1) is 0 Å². The number of esters is 1. The Morgan fingerprint density at radius 1 is 1.26 bits per heavy atom. The van der Waals surface area contributed by atoms with Gasteiger partial charge in [0.05, 0.1) is 24.7 Å². The van der Waals surface area contributed by atoms with Crippen molar-refractivity contribution in [3.63, 3.8) is 0 Å². The number of aryl methyl sites for hydroxylation is 1. The average Bonchev–Trinajstić information content (AvgIpc) is 2.71. The minimum atomic E-state index is -0.478. The van der Waals surface area contributed by atoms with Crippen LogP contribution in [0.3, 0.4) is 0 Å². The summed E-state index contributed by atoms with van der Waals surface area (Å²) in [7, 11) is 1.31. The Balaban J connectivity index is 1.74. The van der Waals surface area contributed by atoms with Gasteiger partial charge in [0.15, 0.2) is 0 Å². The molecular formula is C21H25NO5. The third-order valence-electron chi connectivity index (χ3n) is 5.90. The van der Waals surface area contributed by atoms with Gasteiger partial charge >= 0.3 is 11.6 Å². The number of nitrogens with zero attached hydrogens (tertiary/aromatic N) is 1. The quantitative estimate of drug-likeness (QED) is 0.609. The van der Waals surface area contributed by atoms with Crippen molar-refractivity contribution in [2.45, 2.75) is 58.0 Å². The van der Waals surface area contributed by atoms with Gasteiger partial charge in [-0.1, -0.05) is 19.3 Å². The Morgan fingerprint density at radius 3 is 2.78 bits per heavy atom. The fourth-order valence-electron chi connectivity index (χ4n) is 4.28. The van der Waals surface area contributed by atoms with Crippen LogP contribution in [-0.4, -0.2) is 30.8 Å². The molecule has 2 aromatic rings. The van der Waals surface area contributed by atoms with Gasteiger partial charge in [0, 0.05) is 18.0 Å². The van der Waals surface area contributed by atoms with Crippen LogP contribution < -0.4 is 10.4 Å². The van der Waals surface area contributed by atoms with E-state index >= 15 is 0 Å². The number of hydrogen-bond donors (Lipinski definition) is 0. The number of methoxy groups -OCH3 is 1. The van der Waals surface area contributed by atoms with Gasteiger partial charge in [0.1, 0.15) is 18.1 Å². The molecule has 6 nitrogen and oxygen atoms in total. The maximum absolute atomic E-state index is 12.5. The van der Waals surface area contributed by atoms with Crippen molar-refractivity contribution in [1.82, 2.24) is 4.90 Å². The number of benzene rings is 1. The molecule has 0 N–H and O–H groups in total. The summed E-state index contributed by atoms with van der Waals surface area (Å²) in [6.07, 6.45) is 6.12. The van der Waals surface area contributed by atoms with Crippen molar-refractivity contribution in [2.24, 2.45) is 0 Å². The molecule has 0 atom stereocenters. The fraction of sp³-hybridized carbons (Fsp3) is 0.524. The van der Waals surface area contributed by atoms with Crippen molar-refractivity contribution < 1.29 is 18.7 Å². The molecule has 1 aromatic carbocycles. The largest absolute Gasteiger partial charge is 0.478 e. The first kappa shape index (κ1) is 18.0. The van der Waals surface area contributed by atoms with Crippen LogP contribution >= 0.6 is 0 Å². The van der Waals surface area contributed by atoms with Crippen molar-refractivity contribution in [3.05, 3.63) is 39.2 Å². The molecule has 0 amide bonds. The molecule has 0 radical (unpaired) electrons. The highest BCUT2D eigenvalue weighted by molar-refractivity contribution is 5.87. The third-order valence-corrected chi connectivity index (χ3v) is 5.90. The molecule has 0 unspecified atom stereocenters. The Kier molecular flexibility index (Phi) is 4.91. The lowest BCUT2D eigenvalue weighted by atomic mass is 9.93. The first-order valence-electron chi connectivity index (χ1n) is 9.60. The van der Waals surface area contributed by atoms with E-state index in [-0.39, 0.29) is 6.42 Å². The molecule has 2 heterocycles. The zero-order chi connectivity index (χ0) is 19.0. The molecule has 0 spiro atoms. The number of hydrogen-bond acceptors (Lipinski definition) is 6. The highest BCUT2D eigenvalue weighted by atomic mass is 16.5. The Labute approximate surface area is 158 Å². The van der Waals surface area contributed by atoms with Crippen LogP contribution in [-0.2, 0) is 22.5 Å². The minimum absolute atomic E-state index is 0.0810. The lowest BCUT2D eigenvalue weighted by Crippen LogP contribution is -2.41. The van der Waals surface area contributed by atoms with E-state index in [1.165, 1.54) is 39.2 Å². The molecule has 27 heavy (non-hydrogen) atoms. The van der Waals surface area contributed by atoms with Crippen LogP contribution in [0.25, 0.3) is 11.0 Å². The molecule has 1 aliphatic carbocycles. The van der Waals surface area contributed by atoms with E-state index in [9.17, 15) is 9.59 Å². The highest BCUT2D eigenvalue weighted by Crippen LogP contribution is 2.36. The summed E-state index contributed by atoms with van der Waals surface area (Å²) in [5.74, 6) is 0.326. The molecule has 1 saturated carbocycles. The summed E-state index contributed by atoms with van der Waals surface area (Å²) in [4.78, 5) is 26.5. The molecular weight excluding hydrogens is 346 g/mol. The van der Waals surface area contributed by atoms with Crippen LogP contribution in [0.2, 0.25) is 0 Å². The van der Waals surface area contributed by atoms with Crippen LogP contribution in [0.5, 0.6) is 5.75 Å². The van der Waals surface area contributed by atoms with Crippen molar-refractivity contribution in [2.75, 3.05) is 13.8 Å². The Morgan fingerprint density at radius 2 is 2.04 bits per heavy atom. The van der Waals surface area contributed by atoms with Crippen LogP contribution in [0, 0.1) is 6.92 Å². The second-order valence-electron chi connectivity index (χ2n) is 7.48. The maximum atomic E-state index is 12.5. The monoisotopic (exact) mass is 371 g/mol. The molecule has 0 saturated heterocycles. The maximum Gasteiger partial charge on any atom is 0.340 e. The zero-order valence-corrected chi connectivity index (χ0v) is 15.9. The van der Waals surface area contributed by atoms with Gasteiger partial charge in [0.25, 0.3) is 0 Å². The summed E-state index contributed by atoms with van der Waals surface area (Å²) in [5, 5.41) is 0.848. The first-order valence-corrected chi connectivity index (χ1v) is 9.60. The van der Waals surface area contributed by atoms with E-state index in [1.54, 1.807) is 0 Å². The second kappa shape index (κ2) is 7.35. The zero-order valence-electron chi connectivity index (χ0n) is 15.9. The van der Waals surface area contributed by atoms with E-state index in [1.807, 2.05) is 19.1 Å². The van der Waals surface area contributed by atoms with E-state index in [0.29, 0.717) is 23.9 Å². The van der Waals surface area contributed by atoms with E-state index < -0.39 is 11.6 Å². The second-order valence-corrected chi connectivity index (χ2v) is 7.48. The molecule has 1 fully saturated rings. The average molecular weight is 371 g/mol. The van der Waals surface area contributed by atoms with Crippen molar-refractivity contribution in [3.8, 4) is 5.75 Å². The van der Waals surface area contributed by atoms with Crippen molar-refractivity contribution in [1.29, 1.82) is 0 Å². The highest BCUT2D eigenvalue weighted by Gasteiger charge is 2.28. The smallest absolute Gasteiger partial charge is 0.340 e. The molecule has 2 aliphatic rings. The summed E-state index contributed by atoms with van der Waals surface area (Å²) >= 11 is 0. The Bertz CT molecular complexity index is 926. The number of ether oxygens (including phenoxy) is 2. The summed E-state index contributed by atoms with van der Waals surface area (Å²) < 4.78 is 16.4. The van der Waals surface area contributed by atoms with Crippen LogP contribution in [0.15, 0.2) is 21.3 Å². The Hall–Kier alpha value is -2.34. The summed E-state index contributed by atoms with van der Waals surface area (Å²) in [5.41, 5.74) is 2.14. The van der Waals surface area contributed by atoms with Gasteiger partial charge in [-0.25, -0.2) is 4.79 Å². The van der Waals surface area contributed by atoms with Gasteiger partial charge in [0.2, 0.25) is 0 Å². The van der Waals surface area contributed by atoms with Crippen LogP contribution in [0.4, 0.5) is 0 Å². The number of carbonyl (C=O) groups excluding carboxylic acids is 1. The number of rotatable bonds is 3. The van der Waals surface area contributed by atoms with E-state index in [4.69, 9.17) is 13.9 Å².